The normalized spacial score (nSPS) is 12.9. The molecule has 100 valence electrons. The highest BCUT2D eigenvalue weighted by atomic mass is 16.6. The number of amides is 2. The second-order valence-corrected chi connectivity index (χ2v) is 3.82. The van der Waals surface area contributed by atoms with Crippen molar-refractivity contribution in [2.24, 2.45) is 11.1 Å². The van der Waals surface area contributed by atoms with Crippen molar-refractivity contribution in [2.45, 2.75) is 13.0 Å². The Hall–Kier alpha value is -1.38. The highest BCUT2D eigenvalue weighted by Crippen LogP contribution is 2.14. The SMILES string of the molecule is CC(NC(=O)OCC(CO)(CO)CO)C(N)=O. The number of aliphatic hydroxyl groups is 3. The van der Waals surface area contributed by atoms with Crippen molar-refractivity contribution in [1.29, 1.82) is 0 Å². The van der Waals surface area contributed by atoms with Crippen LogP contribution in [0.25, 0.3) is 0 Å². The van der Waals surface area contributed by atoms with E-state index in [1.807, 2.05) is 0 Å². The Kier molecular flexibility index (Phi) is 6.47. The van der Waals surface area contributed by atoms with Crippen LogP contribution in [0, 0.1) is 5.41 Å². The number of rotatable bonds is 7. The van der Waals surface area contributed by atoms with Crippen LogP contribution in [-0.2, 0) is 9.53 Å². The summed E-state index contributed by atoms with van der Waals surface area (Å²) in [5.41, 5.74) is 3.62. The zero-order valence-corrected chi connectivity index (χ0v) is 9.55. The number of nitrogens with one attached hydrogen (secondary N) is 1. The molecule has 0 aliphatic rings. The minimum atomic E-state index is -1.30. The Morgan fingerprint density at radius 1 is 1.29 bits per heavy atom. The number of carbonyl (C=O) groups excluding carboxylic acids is 2. The highest BCUT2D eigenvalue weighted by Gasteiger charge is 2.30. The average molecular weight is 250 g/mol. The second kappa shape index (κ2) is 7.05. The molecule has 0 saturated heterocycles. The molecular formula is C9H18N2O6. The van der Waals surface area contributed by atoms with Crippen molar-refractivity contribution in [3.8, 4) is 0 Å². The Bertz CT molecular complexity index is 258. The summed E-state index contributed by atoms with van der Waals surface area (Å²) in [5, 5.41) is 29.0. The number of ether oxygens (including phenoxy) is 1. The summed E-state index contributed by atoms with van der Waals surface area (Å²) < 4.78 is 4.66. The third kappa shape index (κ3) is 4.98. The lowest BCUT2D eigenvalue weighted by Gasteiger charge is -2.26. The molecule has 0 aromatic carbocycles. The van der Waals surface area contributed by atoms with Crippen LogP contribution in [0.15, 0.2) is 0 Å². The molecule has 0 bridgehead atoms. The van der Waals surface area contributed by atoms with Gasteiger partial charge in [0.1, 0.15) is 12.6 Å². The number of carbonyl (C=O) groups is 2. The van der Waals surface area contributed by atoms with Crippen molar-refractivity contribution >= 4 is 12.0 Å². The molecule has 0 aliphatic heterocycles. The van der Waals surface area contributed by atoms with E-state index in [0.29, 0.717) is 0 Å². The highest BCUT2D eigenvalue weighted by molar-refractivity contribution is 5.83. The van der Waals surface area contributed by atoms with E-state index in [9.17, 15) is 9.59 Å². The lowest BCUT2D eigenvalue weighted by molar-refractivity contribution is -0.119. The van der Waals surface area contributed by atoms with E-state index >= 15 is 0 Å². The van der Waals surface area contributed by atoms with E-state index in [-0.39, 0.29) is 6.61 Å². The van der Waals surface area contributed by atoms with Crippen molar-refractivity contribution in [3.05, 3.63) is 0 Å². The third-order valence-electron chi connectivity index (χ3n) is 2.28. The summed E-state index contributed by atoms with van der Waals surface area (Å²) in [4.78, 5) is 21.8. The Labute approximate surface area is 98.4 Å². The van der Waals surface area contributed by atoms with Gasteiger partial charge in [-0.1, -0.05) is 0 Å². The van der Waals surface area contributed by atoms with E-state index in [1.54, 1.807) is 0 Å². The number of aliphatic hydroxyl groups excluding tert-OH is 3. The number of alkyl carbamates (subject to hydrolysis) is 1. The summed E-state index contributed by atoms with van der Waals surface area (Å²) in [5.74, 6) is -0.723. The van der Waals surface area contributed by atoms with Gasteiger partial charge in [0.2, 0.25) is 5.91 Å². The van der Waals surface area contributed by atoms with Gasteiger partial charge in [-0.3, -0.25) is 4.79 Å². The fourth-order valence-corrected chi connectivity index (χ4v) is 0.795. The standard InChI is InChI=1S/C9H18N2O6/c1-6(7(10)15)11-8(16)17-5-9(2-12,3-13)4-14/h6,12-14H,2-5H2,1H3,(H2,10,15)(H,11,16). The van der Waals surface area contributed by atoms with Gasteiger partial charge in [0.25, 0.3) is 0 Å². The van der Waals surface area contributed by atoms with Crippen molar-refractivity contribution in [2.75, 3.05) is 26.4 Å². The Morgan fingerprint density at radius 2 is 1.76 bits per heavy atom. The van der Waals surface area contributed by atoms with E-state index < -0.39 is 43.3 Å². The molecule has 0 spiro atoms. The summed E-state index contributed by atoms with van der Waals surface area (Å²) >= 11 is 0. The molecule has 0 rings (SSSR count). The molecule has 0 aromatic rings. The van der Waals surface area contributed by atoms with Gasteiger partial charge in [-0.25, -0.2) is 4.79 Å². The lowest BCUT2D eigenvalue weighted by atomic mass is 9.93. The quantitative estimate of drug-likeness (QED) is 0.339. The first-order chi connectivity index (χ1) is 7.90. The topological polar surface area (TPSA) is 142 Å². The van der Waals surface area contributed by atoms with Gasteiger partial charge >= 0.3 is 6.09 Å². The predicted octanol–water partition coefficient (Wildman–Crippen LogP) is -2.45. The van der Waals surface area contributed by atoms with Crippen LogP contribution in [-0.4, -0.2) is 59.8 Å². The predicted molar refractivity (Wildman–Crippen MR) is 56.8 cm³/mol. The Morgan fingerprint density at radius 3 is 2.12 bits per heavy atom. The van der Waals surface area contributed by atoms with Crippen molar-refractivity contribution < 1.29 is 29.6 Å². The minimum absolute atomic E-state index is 0.381. The first kappa shape index (κ1) is 15.6. The van der Waals surface area contributed by atoms with Gasteiger partial charge in [-0.05, 0) is 6.92 Å². The molecular weight excluding hydrogens is 232 g/mol. The molecule has 2 amide bonds. The fraction of sp³-hybridized carbons (Fsp3) is 0.778. The fourth-order valence-electron chi connectivity index (χ4n) is 0.795. The number of hydrogen-bond donors (Lipinski definition) is 5. The van der Waals surface area contributed by atoms with Crippen LogP contribution in [0.5, 0.6) is 0 Å². The van der Waals surface area contributed by atoms with Gasteiger partial charge in [0, 0.05) is 0 Å². The maximum absolute atomic E-state index is 11.2. The maximum atomic E-state index is 11.2. The van der Waals surface area contributed by atoms with Crippen molar-refractivity contribution in [1.82, 2.24) is 5.32 Å². The van der Waals surface area contributed by atoms with Crippen LogP contribution in [0.3, 0.4) is 0 Å². The summed E-state index contributed by atoms with van der Waals surface area (Å²) in [6.45, 7) is -0.634. The molecule has 0 fully saturated rings. The molecule has 0 aromatic heterocycles. The molecule has 8 nitrogen and oxygen atoms in total. The van der Waals surface area contributed by atoms with Crippen LogP contribution >= 0.6 is 0 Å². The number of primary amides is 1. The van der Waals surface area contributed by atoms with Gasteiger partial charge < -0.3 is 31.1 Å². The summed E-state index contributed by atoms with van der Waals surface area (Å²) in [6, 6.07) is -0.894. The zero-order chi connectivity index (χ0) is 13.5. The van der Waals surface area contributed by atoms with Gasteiger partial charge in [-0.2, -0.15) is 0 Å². The zero-order valence-electron chi connectivity index (χ0n) is 9.55. The smallest absolute Gasteiger partial charge is 0.407 e. The molecule has 8 heteroatoms. The van der Waals surface area contributed by atoms with E-state index in [2.05, 4.69) is 10.1 Å². The van der Waals surface area contributed by atoms with E-state index in [1.165, 1.54) is 6.92 Å². The van der Waals surface area contributed by atoms with E-state index in [4.69, 9.17) is 21.1 Å². The molecule has 0 aliphatic carbocycles. The van der Waals surface area contributed by atoms with Crippen LogP contribution in [0.4, 0.5) is 4.79 Å². The molecule has 1 unspecified atom stereocenters. The van der Waals surface area contributed by atoms with Gasteiger partial charge in [-0.15, -0.1) is 0 Å². The second-order valence-electron chi connectivity index (χ2n) is 3.82. The molecule has 6 N–H and O–H groups in total. The molecule has 0 radical (unpaired) electrons. The molecule has 17 heavy (non-hydrogen) atoms. The maximum Gasteiger partial charge on any atom is 0.407 e. The molecule has 0 heterocycles. The minimum Gasteiger partial charge on any atom is -0.449 e. The van der Waals surface area contributed by atoms with Crippen molar-refractivity contribution in [3.63, 3.8) is 0 Å². The lowest BCUT2D eigenvalue weighted by Crippen LogP contribution is -2.45. The first-order valence-electron chi connectivity index (χ1n) is 4.96. The van der Waals surface area contributed by atoms with E-state index in [0.717, 1.165) is 0 Å². The molecule has 0 saturated carbocycles. The monoisotopic (exact) mass is 250 g/mol. The third-order valence-corrected chi connectivity index (χ3v) is 2.28. The average Bonchev–Trinajstić information content (AvgIpc) is 2.31. The largest absolute Gasteiger partial charge is 0.449 e. The van der Waals surface area contributed by atoms with Crippen LogP contribution < -0.4 is 11.1 Å². The summed E-state index contributed by atoms with van der Waals surface area (Å²) in [7, 11) is 0. The number of nitrogens with two attached hydrogens (primary N) is 1. The first-order valence-corrected chi connectivity index (χ1v) is 4.96. The van der Waals surface area contributed by atoms with Gasteiger partial charge in [0.05, 0.1) is 25.2 Å². The van der Waals surface area contributed by atoms with Crippen LogP contribution in [0.2, 0.25) is 0 Å². The molecule has 1 atom stereocenters. The van der Waals surface area contributed by atoms with Gasteiger partial charge in [0.15, 0.2) is 0 Å². The number of hydrogen-bond acceptors (Lipinski definition) is 6. The van der Waals surface area contributed by atoms with Crippen LogP contribution in [0.1, 0.15) is 6.92 Å². The Balaban J connectivity index is 4.18. The summed E-state index contributed by atoms with van der Waals surface area (Å²) in [6.07, 6.45) is -0.920.